The predicted molar refractivity (Wildman–Crippen MR) is 68.7 cm³/mol. The molecule has 19 heavy (non-hydrogen) atoms. The zero-order valence-corrected chi connectivity index (χ0v) is 10.1. The van der Waals surface area contributed by atoms with Gasteiger partial charge in [-0.15, -0.1) is 5.11 Å². The van der Waals surface area contributed by atoms with E-state index in [1.165, 1.54) is 0 Å². The minimum absolute atomic E-state index is 0.139. The number of benzene rings is 2. The molecule has 2 aromatic carbocycles. The van der Waals surface area contributed by atoms with Crippen molar-refractivity contribution in [1.82, 2.24) is 0 Å². The van der Waals surface area contributed by atoms with Gasteiger partial charge in [-0.2, -0.15) is 0 Å². The predicted octanol–water partition coefficient (Wildman–Crippen LogP) is 4.04. The first kappa shape index (κ1) is 12.8. The van der Waals surface area contributed by atoms with Gasteiger partial charge in [-0.25, -0.2) is 4.79 Å². The van der Waals surface area contributed by atoms with Crippen molar-refractivity contribution in [2.45, 2.75) is 6.61 Å². The van der Waals surface area contributed by atoms with Crippen LogP contribution in [0.25, 0.3) is 0 Å². The summed E-state index contributed by atoms with van der Waals surface area (Å²) in [5, 5.41) is 7.01. The van der Waals surface area contributed by atoms with Gasteiger partial charge in [-0.3, -0.25) is 4.84 Å². The Bertz CT molecular complexity index is 541. The van der Waals surface area contributed by atoms with Crippen LogP contribution in [0.1, 0.15) is 5.56 Å². The summed E-state index contributed by atoms with van der Waals surface area (Å²) in [6.45, 7) is 0.139. The summed E-state index contributed by atoms with van der Waals surface area (Å²) >= 11 is 0. The number of hydrogen-bond donors (Lipinski definition) is 0. The Kier molecular flexibility index (Phi) is 4.64. The highest BCUT2D eigenvalue weighted by Gasteiger charge is 2.03. The Labute approximate surface area is 110 Å². The van der Waals surface area contributed by atoms with Gasteiger partial charge < -0.3 is 4.74 Å². The first-order valence-corrected chi connectivity index (χ1v) is 5.68. The second kappa shape index (κ2) is 6.90. The maximum Gasteiger partial charge on any atom is 0.536 e. The molecule has 0 aliphatic heterocycles. The number of ether oxygens (including phenoxy) is 1. The summed E-state index contributed by atoms with van der Waals surface area (Å²) in [5.74, 6) is 0. The zero-order chi connectivity index (χ0) is 13.3. The number of nitrogens with zero attached hydrogens (tertiary/aromatic N) is 2. The SMILES string of the molecule is O=C(OCc1ccccc1)ON=Nc1ccccc1. The molecule has 96 valence electrons. The molecule has 2 aromatic rings. The van der Waals surface area contributed by atoms with Crippen molar-refractivity contribution in [3.05, 3.63) is 66.2 Å². The van der Waals surface area contributed by atoms with Crippen molar-refractivity contribution in [3.63, 3.8) is 0 Å². The number of rotatable bonds is 4. The Hall–Kier alpha value is -2.69. The van der Waals surface area contributed by atoms with Gasteiger partial charge in [-0.05, 0) is 17.7 Å². The molecule has 0 spiro atoms. The summed E-state index contributed by atoms with van der Waals surface area (Å²) < 4.78 is 4.85. The van der Waals surface area contributed by atoms with Crippen LogP contribution in [0.4, 0.5) is 10.5 Å². The molecular weight excluding hydrogens is 244 g/mol. The third-order valence-corrected chi connectivity index (χ3v) is 2.23. The van der Waals surface area contributed by atoms with E-state index in [4.69, 9.17) is 4.74 Å². The summed E-state index contributed by atoms with van der Waals surface area (Å²) in [6.07, 6.45) is -0.886. The molecule has 0 aliphatic carbocycles. The topological polar surface area (TPSA) is 60.2 Å². The van der Waals surface area contributed by atoms with Gasteiger partial charge >= 0.3 is 6.16 Å². The maximum absolute atomic E-state index is 11.2. The van der Waals surface area contributed by atoms with Crippen LogP contribution in [-0.4, -0.2) is 6.16 Å². The van der Waals surface area contributed by atoms with Crippen LogP contribution in [0.3, 0.4) is 0 Å². The van der Waals surface area contributed by atoms with Crippen LogP contribution in [0.5, 0.6) is 0 Å². The van der Waals surface area contributed by atoms with Gasteiger partial charge in [0.25, 0.3) is 0 Å². The van der Waals surface area contributed by atoms with Crippen LogP contribution in [-0.2, 0) is 16.2 Å². The van der Waals surface area contributed by atoms with Gasteiger partial charge in [0.1, 0.15) is 6.61 Å². The van der Waals surface area contributed by atoms with Crippen molar-refractivity contribution in [1.29, 1.82) is 0 Å². The third-order valence-electron chi connectivity index (χ3n) is 2.23. The lowest BCUT2D eigenvalue weighted by Gasteiger charge is -2.01. The van der Waals surface area contributed by atoms with Crippen molar-refractivity contribution >= 4 is 11.8 Å². The highest BCUT2D eigenvalue weighted by Crippen LogP contribution is 2.10. The van der Waals surface area contributed by atoms with Crippen LogP contribution in [0.2, 0.25) is 0 Å². The minimum Gasteiger partial charge on any atom is -0.428 e. The van der Waals surface area contributed by atoms with Crippen LogP contribution in [0.15, 0.2) is 71.1 Å². The lowest BCUT2D eigenvalue weighted by molar-refractivity contribution is 0.0464. The maximum atomic E-state index is 11.2. The van der Waals surface area contributed by atoms with Crippen LogP contribution >= 0.6 is 0 Å². The van der Waals surface area contributed by atoms with Gasteiger partial charge in [-0.1, -0.05) is 48.5 Å². The number of carbonyl (C=O) groups is 1. The quantitative estimate of drug-likeness (QED) is 0.471. The van der Waals surface area contributed by atoms with E-state index in [1.54, 1.807) is 12.1 Å². The average molecular weight is 256 g/mol. The van der Waals surface area contributed by atoms with E-state index in [0.29, 0.717) is 5.69 Å². The zero-order valence-electron chi connectivity index (χ0n) is 10.1. The molecule has 0 amide bonds. The first-order valence-electron chi connectivity index (χ1n) is 5.68. The van der Waals surface area contributed by atoms with E-state index >= 15 is 0 Å². The monoisotopic (exact) mass is 256 g/mol. The molecule has 0 saturated carbocycles. The highest BCUT2D eigenvalue weighted by molar-refractivity contribution is 5.59. The standard InChI is InChI=1S/C14H12N2O3/c17-14(18-11-12-7-3-1-4-8-12)19-16-15-13-9-5-2-6-10-13/h1-10H,11H2. The third kappa shape index (κ3) is 4.59. The molecule has 0 bridgehead atoms. The van der Waals surface area contributed by atoms with Crippen molar-refractivity contribution < 1.29 is 14.4 Å². The molecular formula is C14H12N2O3. The fourth-order valence-electron chi connectivity index (χ4n) is 1.34. The highest BCUT2D eigenvalue weighted by atomic mass is 16.8. The Morgan fingerprint density at radius 1 is 0.947 bits per heavy atom. The Morgan fingerprint density at radius 3 is 2.26 bits per heavy atom. The lowest BCUT2D eigenvalue weighted by Crippen LogP contribution is -2.03. The Balaban J connectivity index is 1.75. The van der Waals surface area contributed by atoms with E-state index in [2.05, 4.69) is 15.2 Å². The fraction of sp³-hybridized carbons (Fsp3) is 0.0714. The van der Waals surface area contributed by atoms with E-state index in [9.17, 15) is 4.79 Å². The van der Waals surface area contributed by atoms with Gasteiger partial charge in [0.2, 0.25) is 0 Å². The molecule has 0 aliphatic rings. The number of hydrogen-bond acceptors (Lipinski definition) is 5. The first-order chi connectivity index (χ1) is 9.34. The van der Waals surface area contributed by atoms with Gasteiger partial charge in [0, 0.05) is 5.28 Å². The summed E-state index contributed by atoms with van der Waals surface area (Å²) in [7, 11) is 0. The molecule has 0 heterocycles. The van der Waals surface area contributed by atoms with Crippen LogP contribution < -0.4 is 0 Å². The minimum atomic E-state index is -0.886. The van der Waals surface area contributed by atoms with E-state index in [1.807, 2.05) is 48.5 Å². The van der Waals surface area contributed by atoms with E-state index in [-0.39, 0.29) is 6.61 Å². The molecule has 0 radical (unpaired) electrons. The van der Waals surface area contributed by atoms with E-state index in [0.717, 1.165) is 5.56 Å². The summed E-state index contributed by atoms with van der Waals surface area (Å²) in [6, 6.07) is 18.2. The van der Waals surface area contributed by atoms with Crippen molar-refractivity contribution in [3.8, 4) is 0 Å². The Morgan fingerprint density at radius 2 is 1.58 bits per heavy atom. The van der Waals surface area contributed by atoms with Crippen molar-refractivity contribution in [2.24, 2.45) is 10.4 Å². The number of carbonyl (C=O) groups excluding carboxylic acids is 1. The second-order valence-corrected chi connectivity index (χ2v) is 3.63. The van der Waals surface area contributed by atoms with E-state index < -0.39 is 6.16 Å². The van der Waals surface area contributed by atoms with Gasteiger partial charge in [0.15, 0.2) is 0 Å². The average Bonchev–Trinajstić information content (AvgIpc) is 2.47. The van der Waals surface area contributed by atoms with Crippen LogP contribution in [0, 0.1) is 0 Å². The largest absolute Gasteiger partial charge is 0.536 e. The summed E-state index contributed by atoms with van der Waals surface area (Å²) in [4.78, 5) is 15.7. The molecule has 5 nitrogen and oxygen atoms in total. The smallest absolute Gasteiger partial charge is 0.428 e. The van der Waals surface area contributed by atoms with Crippen molar-refractivity contribution in [2.75, 3.05) is 0 Å². The molecule has 0 saturated heterocycles. The lowest BCUT2D eigenvalue weighted by atomic mass is 10.2. The molecule has 0 unspecified atom stereocenters. The second-order valence-electron chi connectivity index (χ2n) is 3.63. The summed E-state index contributed by atoms with van der Waals surface area (Å²) in [5.41, 5.74) is 1.47. The molecule has 5 heteroatoms. The molecule has 0 aromatic heterocycles. The molecule has 0 atom stereocenters. The fourth-order valence-corrected chi connectivity index (χ4v) is 1.34. The van der Waals surface area contributed by atoms with Gasteiger partial charge in [0.05, 0.1) is 5.69 Å². The molecule has 0 N–H and O–H groups in total. The molecule has 0 fully saturated rings. The molecule has 2 rings (SSSR count). The normalized spacial score (nSPS) is 10.3.